The number of benzene rings is 3. The average molecular weight is 697 g/mol. The Bertz CT molecular complexity index is 1780. The highest BCUT2D eigenvalue weighted by Crippen LogP contribution is 2.25. The molecule has 0 saturated carbocycles. The van der Waals surface area contributed by atoms with Crippen molar-refractivity contribution < 1.29 is 24.2 Å². The fraction of sp³-hybridized carbons (Fsp3) is 0.405. The molecule has 0 aliphatic heterocycles. The van der Waals surface area contributed by atoms with Crippen LogP contribution in [0, 0.1) is 0 Å². The highest BCUT2D eigenvalue weighted by atomic mass is 35.5. The van der Waals surface area contributed by atoms with Gasteiger partial charge in [-0.15, -0.1) is 0 Å². The van der Waals surface area contributed by atoms with Crippen molar-refractivity contribution in [2.45, 2.75) is 73.5 Å². The highest BCUT2D eigenvalue weighted by molar-refractivity contribution is 6.34. The van der Waals surface area contributed by atoms with E-state index >= 15 is 0 Å². The van der Waals surface area contributed by atoms with E-state index in [0.717, 1.165) is 17.5 Å². The summed E-state index contributed by atoms with van der Waals surface area (Å²) < 4.78 is 13.6. The summed E-state index contributed by atoms with van der Waals surface area (Å²) in [7, 11) is 1.59. The van der Waals surface area contributed by atoms with Gasteiger partial charge >= 0.3 is 11.7 Å². The van der Waals surface area contributed by atoms with Crippen molar-refractivity contribution in [3.05, 3.63) is 97.7 Å². The van der Waals surface area contributed by atoms with Crippen LogP contribution in [0.5, 0.6) is 11.5 Å². The van der Waals surface area contributed by atoms with Crippen LogP contribution in [0.1, 0.15) is 70.8 Å². The maximum Gasteiger partial charge on any atom is 0.335 e. The smallest absolute Gasteiger partial charge is 0.335 e. The second-order valence-corrected chi connectivity index (χ2v) is 11.2. The topological polar surface area (TPSA) is 141 Å². The zero-order valence-corrected chi connectivity index (χ0v) is 30.4. The molecule has 4 aromatic rings. The molecule has 0 spiro atoms. The maximum absolute atomic E-state index is 13.6. The third-order valence-electron chi connectivity index (χ3n) is 7.01. The maximum atomic E-state index is 13.6. The van der Waals surface area contributed by atoms with Crippen LogP contribution in [0.4, 0.5) is 0 Å². The van der Waals surface area contributed by atoms with E-state index in [9.17, 15) is 24.3 Å². The van der Waals surface area contributed by atoms with Crippen molar-refractivity contribution in [2.24, 2.45) is 7.05 Å². The summed E-state index contributed by atoms with van der Waals surface area (Å²) >= 11 is 6.13. The lowest BCUT2D eigenvalue weighted by Crippen LogP contribution is -2.44. The summed E-state index contributed by atoms with van der Waals surface area (Å²) in [5.41, 5.74) is 0.230. The second-order valence-electron chi connectivity index (χ2n) is 10.8. The molecule has 0 saturated heterocycles. The summed E-state index contributed by atoms with van der Waals surface area (Å²) in [5.74, 6) is -1.23. The molecule has 12 heteroatoms. The van der Waals surface area contributed by atoms with Crippen LogP contribution < -0.4 is 26.6 Å². The van der Waals surface area contributed by atoms with Crippen LogP contribution in [0.3, 0.4) is 0 Å². The normalized spacial score (nSPS) is 11.1. The van der Waals surface area contributed by atoms with Crippen molar-refractivity contribution in [3.8, 4) is 17.2 Å². The number of nitrogens with one attached hydrogen (secondary N) is 2. The largest absolute Gasteiger partial charge is 0.507 e. The van der Waals surface area contributed by atoms with Crippen LogP contribution in [-0.2, 0) is 23.0 Å². The number of hydrogen-bond donors (Lipinski definition) is 3. The van der Waals surface area contributed by atoms with Gasteiger partial charge in [-0.1, -0.05) is 64.4 Å². The van der Waals surface area contributed by atoms with E-state index < -0.39 is 35.3 Å². The number of phenolic OH excluding ortho intramolecular Hbond substituents is 1. The lowest BCUT2D eigenvalue weighted by Gasteiger charge is -2.20. The Hall–Kier alpha value is -4.61. The van der Waals surface area contributed by atoms with Gasteiger partial charge in [-0.25, -0.2) is 14.2 Å². The molecule has 3 N–H and O–H groups in total. The van der Waals surface area contributed by atoms with E-state index in [2.05, 4.69) is 17.6 Å². The SMILES string of the molecule is CC.CC.CCCNCCOc1ccc2c(c1)c(=O)n(-c1ccc(CC(NC(=O)c3c(O)cccc3Cl)C(=O)OC(C)C)cc1)c(=O)n2C. The molecule has 1 aromatic heterocycles. The summed E-state index contributed by atoms with van der Waals surface area (Å²) in [4.78, 5) is 52.8. The Morgan fingerprint density at radius 1 is 0.959 bits per heavy atom. The monoisotopic (exact) mass is 696 g/mol. The first-order valence-corrected chi connectivity index (χ1v) is 17.1. The summed E-state index contributed by atoms with van der Waals surface area (Å²) in [6.07, 6.45) is 0.607. The lowest BCUT2D eigenvalue weighted by molar-refractivity contribution is -0.149. The van der Waals surface area contributed by atoms with Crippen molar-refractivity contribution in [1.29, 1.82) is 0 Å². The number of esters is 1. The molecule has 0 bridgehead atoms. The third-order valence-corrected chi connectivity index (χ3v) is 7.33. The summed E-state index contributed by atoms with van der Waals surface area (Å²) in [5, 5.41) is 16.4. The fourth-order valence-electron chi connectivity index (χ4n) is 4.79. The van der Waals surface area contributed by atoms with Crippen LogP contribution in [0.2, 0.25) is 5.02 Å². The van der Waals surface area contributed by atoms with E-state index in [4.69, 9.17) is 21.1 Å². The molecular formula is C37H49ClN4O7. The fourth-order valence-corrected chi connectivity index (χ4v) is 5.05. The Morgan fingerprint density at radius 2 is 1.63 bits per heavy atom. The first-order valence-electron chi connectivity index (χ1n) is 16.7. The van der Waals surface area contributed by atoms with Crippen LogP contribution in [0.15, 0.2) is 70.3 Å². The van der Waals surface area contributed by atoms with Crippen LogP contribution in [0.25, 0.3) is 16.6 Å². The number of phenols is 1. The minimum atomic E-state index is -1.12. The molecule has 0 aliphatic rings. The van der Waals surface area contributed by atoms with E-state index in [1.807, 2.05) is 27.7 Å². The number of aromatic hydroxyl groups is 1. The number of aromatic nitrogens is 2. The van der Waals surface area contributed by atoms with Gasteiger partial charge in [0.1, 0.15) is 24.1 Å². The Balaban J connectivity index is 0.00000201. The second kappa shape index (κ2) is 20.0. The first-order chi connectivity index (χ1) is 23.5. The van der Waals surface area contributed by atoms with E-state index in [-0.39, 0.29) is 22.8 Å². The van der Waals surface area contributed by atoms with Gasteiger partial charge in [0, 0.05) is 20.0 Å². The molecule has 3 aromatic carbocycles. The molecule has 4 rings (SSSR count). The predicted molar refractivity (Wildman–Crippen MR) is 195 cm³/mol. The average Bonchev–Trinajstić information content (AvgIpc) is 3.09. The third kappa shape index (κ3) is 10.7. The summed E-state index contributed by atoms with van der Waals surface area (Å²) in [6.45, 7) is 15.4. The van der Waals surface area contributed by atoms with Crippen molar-refractivity contribution in [3.63, 3.8) is 0 Å². The quantitative estimate of drug-likeness (QED) is 0.118. The summed E-state index contributed by atoms with van der Waals surface area (Å²) in [6, 6.07) is 14.7. The van der Waals surface area contributed by atoms with Gasteiger partial charge < -0.3 is 25.2 Å². The molecule has 0 fully saturated rings. The molecule has 266 valence electrons. The molecule has 0 aliphatic carbocycles. The Kier molecular flexibility index (Phi) is 16.6. The van der Waals surface area contributed by atoms with Crippen LogP contribution >= 0.6 is 11.6 Å². The van der Waals surface area contributed by atoms with E-state index in [1.165, 1.54) is 22.8 Å². The molecule has 0 radical (unpaired) electrons. The molecule has 49 heavy (non-hydrogen) atoms. The molecule has 1 amide bonds. The molecule has 1 atom stereocenters. The molecular weight excluding hydrogens is 648 g/mol. The molecule has 11 nitrogen and oxygen atoms in total. The van der Waals surface area contributed by atoms with Gasteiger partial charge in [0.15, 0.2) is 0 Å². The van der Waals surface area contributed by atoms with Crippen molar-refractivity contribution in [2.75, 3.05) is 19.7 Å². The number of carbonyl (C=O) groups is 2. The number of rotatable bonds is 13. The van der Waals surface area contributed by atoms with Crippen molar-refractivity contribution in [1.82, 2.24) is 19.8 Å². The van der Waals surface area contributed by atoms with Crippen LogP contribution in [-0.4, -0.2) is 58.0 Å². The Labute approximate surface area is 292 Å². The van der Waals surface area contributed by atoms with Gasteiger partial charge in [0.2, 0.25) is 0 Å². The minimum absolute atomic E-state index is 0.0258. The number of aryl methyl sites for hydroxylation is 1. The van der Waals surface area contributed by atoms with Gasteiger partial charge in [0.25, 0.3) is 11.5 Å². The standard InChI is InChI=1S/C33H37ClN4O7.2C2H6/c1-5-15-35-16-17-44-23-13-14-27-24(19-23)31(41)38(33(43)37(27)4)22-11-9-21(10-12-22)18-26(32(42)45-20(2)3)36-30(40)29-25(34)7-6-8-28(29)39;2*1-2/h6-14,19-20,26,35,39H,5,15-18H2,1-4H3,(H,36,40);2*1-2H3. The van der Waals surface area contributed by atoms with Gasteiger partial charge in [0.05, 0.1) is 33.3 Å². The molecule has 1 heterocycles. The number of fused-ring (bicyclic) bond motifs is 1. The zero-order valence-electron chi connectivity index (χ0n) is 29.6. The number of carbonyl (C=O) groups excluding carboxylic acids is 2. The lowest BCUT2D eigenvalue weighted by atomic mass is 10.0. The van der Waals surface area contributed by atoms with E-state index in [0.29, 0.717) is 41.1 Å². The van der Waals surface area contributed by atoms with Gasteiger partial charge in [-0.3, -0.25) is 14.2 Å². The van der Waals surface area contributed by atoms with Gasteiger partial charge in [-0.05, 0) is 74.8 Å². The number of amides is 1. The Morgan fingerprint density at radius 3 is 2.24 bits per heavy atom. The van der Waals surface area contributed by atoms with Crippen molar-refractivity contribution >= 4 is 34.4 Å². The van der Waals surface area contributed by atoms with E-state index in [1.54, 1.807) is 63.4 Å². The highest BCUT2D eigenvalue weighted by Gasteiger charge is 2.26. The molecule has 1 unspecified atom stereocenters. The van der Waals surface area contributed by atoms with Gasteiger partial charge in [-0.2, -0.15) is 0 Å². The number of halogens is 1. The number of nitrogens with zero attached hydrogens (tertiary/aromatic N) is 2. The minimum Gasteiger partial charge on any atom is -0.507 e. The predicted octanol–water partition coefficient (Wildman–Crippen LogP) is 5.77. The number of hydrogen-bond acceptors (Lipinski definition) is 8. The number of ether oxygens (including phenoxy) is 2. The zero-order chi connectivity index (χ0) is 36.7. The first kappa shape index (κ1) is 40.6.